The van der Waals surface area contributed by atoms with Crippen LogP contribution in [0.5, 0.6) is 11.5 Å². The van der Waals surface area contributed by atoms with Gasteiger partial charge in [-0.25, -0.2) is 5.43 Å². The van der Waals surface area contributed by atoms with Crippen LogP contribution in [0.3, 0.4) is 0 Å². The van der Waals surface area contributed by atoms with E-state index in [1.807, 2.05) is 13.0 Å². The molecule has 0 saturated heterocycles. The summed E-state index contributed by atoms with van der Waals surface area (Å²) in [5, 5.41) is 5.44. The molecule has 5 nitrogen and oxygen atoms in total. The zero-order valence-electron chi connectivity index (χ0n) is 17.1. The van der Waals surface area contributed by atoms with E-state index in [0.29, 0.717) is 42.2 Å². The fraction of sp³-hybridized carbons (Fsp3) is 0.130. The third-order valence-electron chi connectivity index (χ3n) is 4.39. The van der Waals surface area contributed by atoms with Gasteiger partial charge in [0, 0.05) is 15.6 Å². The van der Waals surface area contributed by atoms with Gasteiger partial charge in [0.1, 0.15) is 6.61 Å². The second-order valence-electron chi connectivity index (χ2n) is 6.74. The minimum absolute atomic E-state index is 0.228. The van der Waals surface area contributed by atoms with E-state index < -0.39 is 5.91 Å². The number of amides is 1. The third kappa shape index (κ3) is 6.17. The summed E-state index contributed by atoms with van der Waals surface area (Å²) in [5.41, 5.74) is 5.25. The number of halogens is 4. The molecule has 3 aromatic carbocycles. The molecule has 0 spiro atoms. The number of benzene rings is 3. The maximum atomic E-state index is 12.3. The number of nitrogens with one attached hydrogen (secondary N) is 1. The van der Waals surface area contributed by atoms with Crippen molar-refractivity contribution in [3.8, 4) is 11.5 Å². The van der Waals surface area contributed by atoms with Gasteiger partial charge in [-0.15, -0.1) is 0 Å². The molecule has 0 saturated carbocycles. The highest BCUT2D eigenvalue weighted by Gasteiger charge is 2.13. The maximum absolute atomic E-state index is 12.3. The van der Waals surface area contributed by atoms with E-state index in [0.717, 1.165) is 11.1 Å². The van der Waals surface area contributed by atoms with E-state index in [9.17, 15) is 4.79 Å². The third-order valence-corrected chi connectivity index (χ3v) is 5.88. The van der Waals surface area contributed by atoms with E-state index in [4.69, 9.17) is 44.3 Å². The molecule has 1 amide bonds. The van der Waals surface area contributed by atoms with Crippen LogP contribution in [0, 0.1) is 6.92 Å². The quantitative estimate of drug-likeness (QED) is 0.250. The van der Waals surface area contributed by atoms with Crippen molar-refractivity contribution in [1.29, 1.82) is 0 Å². The smallest absolute Gasteiger partial charge is 0.272 e. The summed E-state index contributed by atoms with van der Waals surface area (Å²) < 4.78 is 12.0. The molecule has 0 bridgehead atoms. The Morgan fingerprint density at radius 2 is 1.88 bits per heavy atom. The number of nitrogens with zero attached hydrogens (tertiary/aromatic N) is 1. The van der Waals surface area contributed by atoms with Crippen LogP contribution in [-0.2, 0) is 6.61 Å². The number of rotatable bonds is 7. The van der Waals surface area contributed by atoms with Gasteiger partial charge in [0.05, 0.1) is 28.4 Å². The molecule has 166 valence electrons. The fourth-order valence-electron chi connectivity index (χ4n) is 2.77. The lowest BCUT2D eigenvalue weighted by molar-refractivity contribution is 0.0955. The van der Waals surface area contributed by atoms with Crippen molar-refractivity contribution in [3.05, 3.63) is 90.3 Å². The highest BCUT2D eigenvalue weighted by atomic mass is 79.9. The number of hydrogen-bond acceptors (Lipinski definition) is 4. The second kappa shape index (κ2) is 11.1. The van der Waals surface area contributed by atoms with Gasteiger partial charge in [-0.2, -0.15) is 5.10 Å². The summed E-state index contributed by atoms with van der Waals surface area (Å²) in [6.45, 7) is 2.13. The van der Waals surface area contributed by atoms with E-state index in [1.54, 1.807) is 42.5 Å². The number of ether oxygens (including phenoxy) is 2. The van der Waals surface area contributed by atoms with Crippen LogP contribution < -0.4 is 14.9 Å². The van der Waals surface area contributed by atoms with Gasteiger partial charge in [0.2, 0.25) is 0 Å². The van der Waals surface area contributed by atoms with Crippen LogP contribution in [0.25, 0.3) is 0 Å². The molecule has 3 rings (SSSR count). The SMILES string of the molecule is COc1cc(/C=N\NC(=O)c2ccc(C)cc2Cl)cc(Br)c1OCc1ccc(Cl)cc1Cl. The molecule has 0 heterocycles. The predicted octanol–water partition coefficient (Wildman–Crippen LogP) is 7.07. The first-order chi connectivity index (χ1) is 15.3. The van der Waals surface area contributed by atoms with Gasteiger partial charge >= 0.3 is 0 Å². The molecule has 3 aromatic rings. The molecular weight excluding hydrogens is 539 g/mol. The van der Waals surface area contributed by atoms with Gasteiger partial charge < -0.3 is 9.47 Å². The van der Waals surface area contributed by atoms with Crippen molar-refractivity contribution < 1.29 is 14.3 Å². The number of hydrazone groups is 1. The Hall–Kier alpha value is -2.25. The molecule has 0 atom stereocenters. The first-order valence-corrected chi connectivity index (χ1v) is 11.2. The Kier molecular flexibility index (Phi) is 8.43. The van der Waals surface area contributed by atoms with Gasteiger partial charge in [0.15, 0.2) is 11.5 Å². The Bertz CT molecular complexity index is 1190. The summed E-state index contributed by atoms with van der Waals surface area (Å²) in [5.74, 6) is 0.585. The fourth-order valence-corrected chi connectivity index (χ4v) is 4.13. The molecule has 0 aliphatic rings. The Balaban J connectivity index is 1.71. The van der Waals surface area contributed by atoms with E-state index >= 15 is 0 Å². The second-order valence-corrected chi connectivity index (χ2v) is 8.85. The van der Waals surface area contributed by atoms with Crippen molar-refractivity contribution >= 4 is 62.9 Å². The van der Waals surface area contributed by atoms with Crippen molar-refractivity contribution in [2.45, 2.75) is 13.5 Å². The first kappa shape index (κ1) is 24.4. The highest BCUT2D eigenvalue weighted by molar-refractivity contribution is 9.10. The van der Waals surface area contributed by atoms with Crippen LogP contribution in [0.15, 0.2) is 58.1 Å². The van der Waals surface area contributed by atoms with E-state index in [1.165, 1.54) is 13.3 Å². The number of hydrogen-bond donors (Lipinski definition) is 1. The largest absolute Gasteiger partial charge is 0.493 e. The molecule has 0 radical (unpaired) electrons. The number of carbonyl (C=O) groups is 1. The standard InChI is InChI=1S/C23H18BrCl3N2O3/c1-13-3-6-17(20(27)7-13)23(30)29-28-11-14-8-18(24)22(21(9-14)31-2)32-12-15-4-5-16(25)10-19(15)26/h3-11H,12H2,1-2H3,(H,29,30)/b28-11-. The van der Waals surface area contributed by atoms with Crippen molar-refractivity contribution in [2.24, 2.45) is 5.10 Å². The first-order valence-electron chi connectivity index (χ1n) is 9.32. The van der Waals surface area contributed by atoms with Crippen LogP contribution in [-0.4, -0.2) is 19.2 Å². The van der Waals surface area contributed by atoms with Gasteiger partial charge in [-0.05, 0) is 70.4 Å². The highest BCUT2D eigenvalue weighted by Crippen LogP contribution is 2.37. The monoisotopic (exact) mass is 554 g/mol. The normalized spacial score (nSPS) is 10.9. The van der Waals surface area contributed by atoms with Crippen LogP contribution in [0.4, 0.5) is 0 Å². The Morgan fingerprint density at radius 3 is 2.56 bits per heavy atom. The molecule has 0 aliphatic heterocycles. The Morgan fingerprint density at radius 1 is 1.09 bits per heavy atom. The summed E-state index contributed by atoms with van der Waals surface area (Å²) in [6, 6.07) is 13.9. The van der Waals surface area contributed by atoms with Crippen molar-refractivity contribution in [1.82, 2.24) is 5.43 Å². The lowest BCUT2D eigenvalue weighted by atomic mass is 10.1. The topological polar surface area (TPSA) is 59.9 Å². The summed E-state index contributed by atoms with van der Waals surface area (Å²) in [7, 11) is 1.53. The lowest BCUT2D eigenvalue weighted by Gasteiger charge is -2.14. The van der Waals surface area contributed by atoms with Crippen LogP contribution in [0.2, 0.25) is 15.1 Å². The molecule has 32 heavy (non-hydrogen) atoms. The zero-order chi connectivity index (χ0) is 23.3. The number of methoxy groups -OCH3 is 1. The number of aryl methyl sites for hydroxylation is 1. The van der Waals surface area contributed by atoms with Crippen molar-refractivity contribution in [3.63, 3.8) is 0 Å². The summed E-state index contributed by atoms with van der Waals surface area (Å²) in [4.78, 5) is 12.3. The number of carbonyl (C=O) groups excluding carboxylic acids is 1. The van der Waals surface area contributed by atoms with Gasteiger partial charge in [0.25, 0.3) is 5.91 Å². The van der Waals surface area contributed by atoms with Crippen LogP contribution in [0.1, 0.15) is 27.0 Å². The average molecular weight is 557 g/mol. The van der Waals surface area contributed by atoms with E-state index in [2.05, 4.69) is 26.5 Å². The van der Waals surface area contributed by atoms with Gasteiger partial charge in [-0.3, -0.25) is 4.79 Å². The molecule has 0 fully saturated rings. The molecule has 0 aromatic heterocycles. The molecule has 0 aliphatic carbocycles. The van der Waals surface area contributed by atoms with Crippen LogP contribution >= 0.6 is 50.7 Å². The molecular formula is C23H18BrCl3N2O3. The summed E-state index contributed by atoms with van der Waals surface area (Å²) in [6.07, 6.45) is 1.49. The zero-order valence-corrected chi connectivity index (χ0v) is 20.9. The van der Waals surface area contributed by atoms with Crippen molar-refractivity contribution in [2.75, 3.05) is 7.11 Å². The molecule has 0 unspecified atom stereocenters. The Labute approximate surface area is 209 Å². The van der Waals surface area contributed by atoms with Gasteiger partial charge in [-0.1, -0.05) is 46.9 Å². The molecule has 9 heteroatoms. The minimum atomic E-state index is -0.405. The maximum Gasteiger partial charge on any atom is 0.272 e. The lowest BCUT2D eigenvalue weighted by Crippen LogP contribution is -2.18. The minimum Gasteiger partial charge on any atom is -0.493 e. The average Bonchev–Trinajstić information content (AvgIpc) is 2.73. The van der Waals surface area contributed by atoms with E-state index in [-0.39, 0.29) is 6.61 Å². The molecule has 1 N–H and O–H groups in total. The predicted molar refractivity (Wildman–Crippen MR) is 133 cm³/mol. The summed E-state index contributed by atoms with van der Waals surface area (Å²) >= 11 is 21.8.